The molecular formula is C26H26N4O4. The SMILES string of the molecule is CCOc1ccc(C(=O)NCc2nn(Cc3ccccn3)c(=O)c3ccccc23)cc1OCC. The fraction of sp³-hybridized carbons (Fsp3) is 0.231. The van der Waals surface area contributed by atoms with Crippen molar-refractivity contribution in [3.05, 3.63) is 94.2 Å². The lowest BCUT2D eigenvalue weighted by atomic mass is 10.1. The summed E-state index contributed by atoms with van der Waals surface area (Å²) in [5.41, 5.74) is 1.55. The third-order valence-corrected chi connectivity index (χ3v) is 5.20. The highest BCUT2D eigenvalue weighted by Crippen LogP contribution is 2.28. The molecule has 0 saturated carbocycles. The molecule has 0 aliphatic carbocycles. The van der Waals surface area contributed by atoms with Crippen molar-refractivity contribution in [2.45, 2.75) is 26.9 Å². The molecule has 8 heteroatoms. The molecule has 0 spiro atoms. The Morgan fingerprint density at radius 3 is 2.41 bits per heavy atom. The molecule has 2 aromatic carbocycles. The van der Waals surface area contributed by atoms with E-state index in [0.717, 1.165) is 5.69 Å². The van der Waals surface area contributed by atoms with Crippen LogP contribution in [0.2, 0.25) is 0 Å². The average Bonchev–Trinajstić information content (AvgIpc) is 2.87. The first-order valence-corrected chi connectivity index (χ1v) is 11.2. The van der Waals surface area contributed by atoms with Crippen LogP contribution in [0.1, 0.15) is 35.6 Å². The molecule has 4 rings (SSSR count). The zero-order valence-electron chi connectivity index (χ0n) is 19.2. The molecule has 2 heterocycles. The number of nitrogens with zero attached hydrogens (tertiary/aromatic N) is 3. The highest BCUT2D eigenvalue weighted by atomic mass is 16.5. The number of rotatable bonds is 9. The molecule has 0 unspecified atom stereocenters. The normalized spacial score (nSPS) is 10.8. The molecule has 0 radical (unpaired) electrons. The number of fused-ring (bicyclic) bond motifs is 1. The van der Waals surface area contributed by atoms with Gasteiger partial charge in [0.15, 0.2) is 11.5 Å². The van der Waals surface area contributed by atoms with Gasteiger partial charge in [-0.25, -0.2) is 4.68 Å². The van der Waals surface area contributed by atoms with Crippen molar-refractivity contribution in [3.63, 3.8) is 0 Å². The monoisotopic (exact) mass is 458 g/mol. The van der Waals surface area contributed by atoms with E-state index < -0.39 is 0 Å². The van der Waals surface area contributed by atoms with Crippen LogP contribution in [0.25, 0.3) is 10.8 Å². The molecule has 174 valence electrons. The second-order valence-electron chi connectivity index (χ2n) is 7.49. The van der Waals surface area contributed by atoms with Gasteiger partial charge < -0.3 is 14.8 Å². The summed E-state index contributed by atoms with van der Waals surface area (Å²) in [7, 11) is 0. The van der Waals surface area contributed by atoms with E-state index in [1.807, 2.05) is 50.2 Å². The van der Waals surface area contributed by atoms with Crippen molar-refractivity contribution >= 4 is 16.7 Å². The number of carbonyl (C=O) groups is 1. The molecular weight excluding hydrogens is 432 g/mol. The van der Waals surface area contributed by atoms with Crippen LogP contribution in [0.15, 0.2) is 71.7 Å². The number of carbonyl (C=O) groups excluding carboxylic acids is 1. The summed E-state index contributed by atoms with van der Waals surface area (Å²) in [6.45, 7) is 5.11. The van der Waals surface area contributed by atoms with E-state index in [1.54, 1.807) is 30.5 Å². The van der Waals surface area contributed by atoms with Crippen LogP contribution in [0.3, 0.4) is 0 Å². The Kier molecular flexibility index (Phi) is 7.17. The zero-order valence-corrected chi connectivity index (χ0v) is 19.2. The number of benzene rings is 2. The van der Waals surface area contributed by atoms with Crippen molar-refractivity contribution in [1.82, 2.24) is 20.1 Å². The smallest absolute Gasteiger partial charge is 0.275 e. The summed E-state index contributed by atoms with van der Waals surface area (Å²) < 4.78 is 12.6. The van der Waals surface area contributed by atoms with Gasteiger partial charge in [0.05, 0.1) is 43.1 Å². The topological polar surface area (TPSA) is 95.3 Å². The molecule has 34 heavy (non-hydrogen) atoms. The van der Waals surface area contributed by atoms with Crippen molar-refractivity contribution in [2.75, 3.05) is 13.2 Å². The Morgan fingerprint density at radius 2 is 1.68 bits per heavy atom. The van der Waals surface area contributed by atoms with Crippen LogP contribution < -0.4 is 20.3 Å². The number of aromatic nitrogens is 3. The Balaban J connectivity index is 1.61. The number of hydrogen-bond acceptors (Lipinski definition) is 6. The minimum atomic E-state index is -0.280. The summed E-state index contributed by atoms with van der Waals surface area (Å²) in [5.74, 6) is 0.831. The second-order valence-corrected chi connectivity index (χ2v) is 7.49. The maximum absolute atomic E-state index is 13.0. The largest absolute Gasteiger partial charge is 0.490 e. The van der Waals surface area contributed by atoms with Crippen molar-refractivity contribution < 1.29 is 14.3 Å². The third kappa shape index (κ3) is 5.06. The Labute approximate surface area is 197 Å². The van der Waals surface area contributed by atoms with Gasteiger partial charge >= 0.3 is 0 Å². The molecule has 0 atom stereocenters. The summed E-state index contributed by atoms with van der Waals surface area (Å²) in [5, 5.41) is 8.70. The van der Waals surface area contributed by atoms with Gasteiger partial charge in [-0.05, 0) is 50.2 Å². The second kappa shape index (κ2) is 10.6. The molecule has 8 nitrogen and oxygen atoms in total. The first-order chi connectivity index (χ1) is 16.6. The maximum atomic E-state index is 13.0. The molecule has 4 aromatic rings. The zero-order chi connectivity index (χ0) is 23.9. The predicted molar refractivity (Wildman–Crippen MR) is 129 cm³/mol. The van der Waals surface area contributed by atoms with Gasteiger partial charge in [0.1, 0.15) is 0 Å². The molecule has 2 aromatic heterocycles. The molecule has 0 bridgehead atoms. The molecule has 0 saturated heterocycles. The van der Waals surface area contributed by atoms with Crippen LogP contribution in [-0.4, -0.2) is 33.9 Å². The minimum Gasteiger partial charge on any atom is -0.490 e. The predicted octanol–water partition coefficient (Wildman–Crippen LogP) is 3.57. The van der Waals surface area contributed by atoms with Gasteiger partial charge in [0.2, 0.25) is 0 Å². The van der Waals surface area contributed by atoms with E-state index in [-0.39, 0.29) is 24.6 Å². The molecule has 0 aliphatic heterocycles. The van der Waals surface area contributed by atoms with Crippen LogP contribution in [-0.2, 0) is 13.1 Å². The van der Waals surface area contributed by atoms with Crippen molar-refractivity contribution in [2.24, 2.45) is 0 Å². The Hall–Kier alpha value is -4.20. The molecule has 1 amide bonds. The van der Waals surface area contributed by atoms with Gasteiger partial charge in [0, 0.05) is 17.1 Å². The Bertz CT molecular complexity index is 1350. The van der Waals surface area contributed by atoms with Crippen LogP contribution in [0, 0.1) is 0 Å². The van der Waals surface area contributed by atoms with E-state index in [0.29, 0.717) is 46.7 Å². The summed E-state index contributed by atoms with van der Waals surface area (Å²) >= 11 is 0. The fourth-order valence-electron chi connectivity index (χ4n) is 3.65. The van der Waals surface area contributed by atoms with Crippen molar-refractivity contribution in [1.29, 1.82) is 0 Å². The summed E-state index contributed by atoms with van der Waals surface area (Å²) in [4.78, 5) is 30.2. The van der Waals surface area contributed by atoms with Gasteiger partial charge in [-0.1, -0.05) is 24.3 Å². The lowest BCUT2D eigenvalue weighted by Crippen LogP contribution is -2.29. The lowest BCUT2D eigenvalue weighted by molar-refractivity contribution is 0.0950. The third-order valence-electron chi connectivity index (χ3n) is 5.20. The first-order valence-electron chi connectivity index (χ1n) is 11.2. The molecule has 1 N–H and O–H groups in total. The van der Waals surface area contributed by atoms with E-state index in [2.05, 4.69) is 15.4 Å². The number of pyridine rings is 1. The van der Waals surface area contributed by atoms with Gasteiger partial charge in [-0.15, -0.1) is 0 Å². The van der Waals surface area contributed by atoms with E-state index in [1.165, 1.54) is 4.68 Å². The number of hydrogen-bond donors (Lipinski definition) is 1. The van der Waals surface area contributed by atoms with E-state index in [4.69, 9.17) is 9.47 Å². The number of ether oxygens (including phenoxy) is 2. The highest BCUT2D eigenvalue weighted by molar-refractivity contribution is 5.95. The van der Waals surface area contributed by atoms with Gasteiger partial charge in [-0.2, -0.15) is 5.10 Å². The average molecular weight is 459 g/mol. The van der Waals surface area contributed by atoms with E-state index >= 15 is 0 Å². The highest BCUT2D eigenvalue weighted by Gasteiger charge is 2.15. The van der Waals surface area contributed by atoms with Crippen LogP contribution in [0.5, 0.6) is 11.5 Å². The van der Waals surface area contributed by atoms with Crippen LogP contribution >= 0.6 is 0 Å². The summed E-state index contributed by atoms with van der Waals surface area (Å²) in [6.07, 6.45) is 1.68. The minimum absolute atomic E-state index is 0.152. The molecule has 0 aliphatic rings. The summed E-state index contributed by atoms with van der Waals surface area (Å²) in [6, 6.07) is 17.9. The molecule has 0 fully saturated rings. The standard InChI is InChI=1S/C26H26N4O4/c1-3-33-23-13-12-18(15-24(23)34-4-2)25(31)28-16-22-20-10-5-6-11-21(20)26(32)30(29-22)17-19-9-7-8-14-27-19/h5-15H,3-4,16-17H2,1-2H3,(H,28,31). The quantitative estimate of drug-likeness (QED) is 0.412. The maximum Gasteiger partial charge on any atom is 0.275 e. The van der Waals surface area contributed by atoms with Gasteiger partial charge in [-0.3, -0.25) is 14.6 Å². The van der Waals surface area contributed by atoms with Crippen LogP contribution in [0.4, 0.5) is 0 Å². The first kappa shape index (κ1) is 23.0. The fourth-order valence-corrected chi connectivity index (χ4v) is 3.65. The van der Waals surface area contributed by atoms with Gasteiger partial charge in [0.25, 0.3) is 11.5 Å². The number of amides is 1. The van der Waals surface area contributed by atoms with E-state index in [9.17, 15) is 9.59 Å². The number of nitrogens with one attached hydrogen (secondary N) is 1. The van der Waals surface area contributed by atoms with Crippen molar-refractivity contribution in [3.8, 4) is 11.5 Å². The lowest BCUT2D eigenvalue weighted by Gasteiger charge is -2.13. The Morgan fingerprint density at radius 1 is 0.941 bits per heavy atom.